The third-order valence-corrected chi connectivity index (χ3v) is 2.04. The number of hydrogen-bond acceptors (Lipinski definition) is 2. The number of rotatable bonds is 2. The summed E-state index contributed by atoms with van der Waals surface area (Å²) in [5.41, 5.74) is 1.36. The Morgan fingerprint density at radius 2 is 2.17 bits per heavy atom. The van der Waals surface area contributed by atoms with Crippen LogP contribution in [0.25, 0.3) is 0 Å². The van der Waals surface area contributed by atoms with Crippen LogP contribution >= 0.6 is 0 Å². The number of aliphatic imine (C=N–C) groups is 1. The largest absolute Gasteiger partial charge is 0.374 e. The molecule has 2 heteroatoms. The highest BCUT2D eigenvalue weighted by molar-refractivity contribution is 5.57. The molecule has 2 rings (SSSR count). The zero-order chi connectivity index (χ0) is 8.23. The summed E-state index contributed by atoms with van der Waals surface area (Å²) < 4.78 is 0. The summed E-state index contributed by atoms with van der Waals surface area (Å²) in [6, 6.07) is 10.9. The van der Waals surface area contributed by atoms with Crippen LogP contribution in [0.2, 0.25) is 0 Å². The van der Waals surface area contributed by atoms with Gasteiger partial charge in [-0.15, -0.1) is 0 Å². The van der Waals surface area contributed by atoms with Crippen molar-refractivity contribution in [3.63, 3.8) is 0 Å². The van der Waals surface area contributed by atoms with Crippen molar-refractivity contribution in [2.75, 3.05) is 6.54 Å². The molecule has 0 radical (unpaired) electrons. The fourth-order valence-corrected chi connectivity index (χ4v) is 1.41. The normalized spacial score (nSPS) is 20.8. The molecule has 62 valence electrons. The number of hydrogen-bond donors (Lipinski definition) is 1. The summed E-state index contributed by atoms with van der Waals surface area (Å²) in [6.07, 6.45) is 2.85. The molecular formula is C10H12N2. The number of nitrogens with one attached hydrogen (secondary N) is 1. The van der Waals surface area contributed by atoms with E-state index in [9.17, 15) is 0 Å². The quantitative estimate of drug-likeness (QED) is 0.691. The summed E-state index contributed by atoms with van der Waals surface area (Å²) in [5, 5.41) is 3.10. The maximum absolute atomic E-state index is 4.29. The van der Waals surface area contributed by atoms with E-state index in [1.54, 1.807) is 6.34 Å². The highest BCUT2D eigenvalue weighted by Crippen LogP contribution is 2.06. The molecule has 2 nitrogen and oxygen atoms in total. The molecule has 0 spiro atoms. The lowest BCUT2D eigenvalue weighted by Gasteiger charge is -2.04. The van der Waals surface area contributed by atoms with E-state index < -0.39 is 0 Å². The summed E-state index contributed by atoms with van der Waals surface area (Å²) in [5.74, 6) is 0. The molecule has 0 bridgehead atoms. The molecule has 1 heterocycles. The van der Waals surface area contributed by atoms with Gasteiger partial charge in [0.15, 0.2) is 0 Å². The van der Waals surface area contributed by atoms with Gasteiger partial charge in [-0.1, -0.05) is 30.3 Å². The molecule has 0 amide bonds. The molecule has 1 aromatic carbocycles. The minimum Gasteiger partial charge on any atom is -0.374 e. The van der Waals surface area contributed by atoms with Gasteiger partial charge < -0.3 is 5.32 Å². The van der Waals surface area contributed by atoms with Gasteiger partial charge in [-0.25, -0.2) is 0 Å². The SMILES string of the molecule is C1=NC(Cc2ccccc2)CN1. The van der Waals surface area contributed by atoms with Crippen molar-refractivity contribution < 1.29 is 0 Å². The van der Waals surface area contributed by atoms with Gasteiger partial charge in [0, 0.05) is 6.54 Å². The van der Waals surface area contributed by atoms with E-state index in [1.165, 1.54) is 5.56 Å². The Morgan fingerprint density at radius 1 is 1.33 bits per heavy atom. The van der Waals surface area contributed by atoms with Gasteiger partial charge in [-0.2, -0.15) is 0 Å². The molecule has 1 unspecified atom stereocenters. The van der Waals surface area contributed by atoms with Crippen LogP contribution in [-0.2, 0) is 6.42 Å². The fourth-order valence-electron chi connectivity index (χ4n) is 1.41. The van der Waals surface area contributed by atoms with E-state index >= 15 is 0 Å². The summed E-state index contributed by atoms with van der Waals surface area (Å²) >= 11 is 0. The topological polar surface area (TPSA) is 24.4 Å². The monoisotopic (exact) mass is 160 g/mol. The van der Waals surface area contributed by atoms with Crippen molar-refractivity contribution in [2.45, 2.75) is 12.5 Å². The average Bonchev–Trinajstić information content (AvgIpc) is 2.59. The maximum atomic E-state index is 4.29. The van der Waals surface area contributed by atoms with Crippen molar-refractivity contribution in [3.05, 3.63) is 35.9 Å². The molecule has 0 saturated carbocycles. The molecule has 1 atom stereocenters. The highest BCUT2D eigenvalue weighted by atomic mass is 15.0. The second-order valence-corrected chi connectivity index (χ2v) is 3.03. The third-order valence-electron chi connectivity index (χ3n) is 2.04. The number of benzene rings is 1. The second kappa shape index (κ2) is 3.39. The van der Waals surface area contributed by atoms with Gasteiger partial charge >= 0.3 is 0 Å². The first kappa shape index (κ1) is 7.35. The van der Waals surface area contributed by atoms with Crippen LogP contribution in [-0.4, -0.2) is 18.9 Å². The van der Waals surface area contributed by atoms with E-state index in [4.69, 9.17) is 0 Å². The van der Waals surface area contributed by atoms with Crippen LogP contribution in [0, 0.1) is 0 Å². The third kappa shape index (κ3) is 1.64. The lowest BCUT2D eigenvalue weighted by Crippen LogP contribution is -2.17. The van der Waals surface area contributed by atoms with Gasteiger partial charge in [-0.05, 0) is 12.0 Å². The van der Waals surface area contributed by atoms with Crippen LogP contribution in [0.5, 0.6) is 0 Å². The minimum absolute atomic E-state index is 0.437. The van der Waals surface area contributed by atoms with E-state index in [2.05, 4.69) is 34.6 Å². The van der Waals surface area contributed by atoms with Crippen LogP contribution in [0.1, 0.15) is 5.56 Å². The van der Waals surface area contributed by atoms with Gasteiger partial charge in [0.2, 0.25) is 0 Å². The zero-order valence-corrected chi connectivity index (χ0v) is 6.90. The van der Waals surface area contributed by atoms with Crippen molar-refractivity contribution in [1.82, 2.24) is 5.32 Å². The Morgan fingerprint density at radius 3 is 2.83 bits per heavy atom. The lowest BCUT2D eigenvalue weighted by atomic mass is 10.1. The number of nitrogens with zero attached hydrogens (tertiary/aromatic N) is 1. The van der Waals surface area contributed by atoms with E-state index in [0.717, 1.165) is 13.0 Å². The first-order valence-corrected chi connectivity index (χ1v) is 4.24. The standard InChI is InChI=1S/C10H12N2/c1-2-4-9(5-3-1)6-10-7-11-8-12-10/h1-5,8,10H,6-7H2,(H,11,12). The van der Waals surface area contributed by atoms with Crippen molar-refractivity contribution >= 4 is 6.34 Å². The predicted octanol–water partition coefficient (Wildman–Crippen LogP) is 1.23. The zero-order valence-electron chi connectivity index (χ0n) is 6.90. The average molecular weight is 160 g/mol. The van der Waals surface area contributed by atoms with Crippen LogP contribution in [0.3, 0.4) is 0 Å². The highest BCUT2D eigenvalue weighted by Gasteiger charge is 2.09. The molecular weight excluding hydrogens is 148 g/mol. The molecule has 1 aliphatic rings. The van der Waals surface area contributed by atoms with Gasteiger partial charge in [0.05, 0.1) is 12.4 Å². The van der Waals surface area contributed by atoms with Crippen LogP contribution < -0.4 is 5.32 Å². The molecule has 0 saturated heterocycles. The Hall–Kier alpha value is -1.31. The minimum atomic E-state index is 0.437. The van der Waals surface area contributed by atoms with Crippen molar-refractivity contribution in [2.24, 2.45) is 4.99 Å². The van der Waals surface area contributed by atoms with Crippen LogP contribution in [0.15, 0.2) is 35.3 Å². The van der Waals surface area contributed by atoms with E-state index in [-0.39, 0.29) is 0 Å². The Kier molecular flexibility index (Phi) is 2.08. The Balaban J connectivity index is 1.99. The first-order valence-electron chi connectivity index (χ1n) is 4.24. The first-order chi connectivity index (χ1) is 5.95. The molecule has 0 aromatic heterocycles. The van der Waals surface area contributed by atoms with Crippen LogP contribution in [0.4, 0.5) is 0 Å². The fraction of sp³-hybridized carbons (Fsp3) is 0.300. The second-order valence-electron chi connectivity index (χ2n) is 3.03. The predicted molar refractivity (Wildman–Crippen MR) is 50.4 cm³/mol. The Bertz CT molecular complexity index is 266. The maximum Gasteiger partial charge on any atom is 0.0828 e. The van der Waals surface area contributed by atoms with Gasteiger partial charge in [0.1, 0.15) is 0 Å². The molecule has 12 heavy (non-hydrogen) atoms. The molecule has 0 aliphatic carbocycles. The van der Waals surface area contributed by atoms with E-state index in [0.29, 0.717) is 6.04 Å². The lowest BCUT2D eigenvalue weighted by molar-refractivity contribution is 0.693. The Labute approximate surface area is 72.3 Å². The van der Waals surface area contributed by atoms with Gasteiger partial charge in [-0.3, -0.25) is 4.99 Å². The summed E-state index contributed by atoms with van der Waals surface area (Å²) in [4.78, 5) is 4.29. The molecule has 0 fully saturated rings. The molecule has 1 aromatic rings. The molecule has 1 aliphatic heterocycles. The van der Waals surface area contributed by atoms with E-state index in [1.807, 2.05) is 6.07 Å². The van der Waals surface area contributed by atoms with Crippen molar-refractivity contribution in [3.8, 4) is 0 Å². The van der Waals surface area contributed by atoms with Crippen molar-refractivity contribution in [1.29, 1.82) is 0 Å². The summed E-state index contributed by atoms with van der Waals surface area (Å²) in [7, 11) is 0. The summed E-state index contributed by atoms with van der Waals surface area (Å²) in [6.45, 7) is 0.981. The molecule has 1 N–H and O–H groups in total. The smallest absolute Gasteiger partial charge is 0.0828 e. The van der Waals surface area contributed by atoms with Gasteiger partial charge in [0.25, 0.3) is 0 Å².